The number of hydrogen-bond donors (Lipinski definition) is 1. The largest absolute Gasteiger partial charge is 0.481 e. The van der Waals surface area contributed by atoms with Gasteiger partial charge in [-0.25, -0.2) is 0 Å². The summed E-state index contributed by atoms with van der Waals surface area (Å²) in [5.41, 5.74) is 1.20. The molecule has 0 aliphatic heterocycles. The van der Waals surface area contributed by atoms with Gasteiger partial charge in [-0.2, -0.15) is 0 Å². The van der Waals surface area contributed by atoms with Crippen molar-refractivity contribution in [3.05, 3.63) is 30.3 Å². The molecular weight excluding hydrogens is 250 g/mol. The highest BCUT2D eigenvalue weighted by atomic mass is 16.4. The predicted octanol–water partition coefficient (Wildman–Crippen LogP) is 4.33. The van der Waals surface area contributed by atoms with Crippen LogP contribution in [-0.4, -0.2) is 24.2 Å². The van der Waals surface area contributed by atoms with E-state index < -0.39 is 5.97 Å². The van der Waals surface area contributed by atoms with Gasteiger partial charge in [-0.05, 0) is 25.0 Å². The number of aliphatic carboxylic acids is 1. The van der Waals surface area contributed by atoms with Gasteiger partial charge in [0.2, 0.25) is 0 Å². The van der Waals surface area contributed by atoms with E-state index in [0.29, 0.717) is 6.42 Å². The zero-order chi connectivity index (χ0) is 14.6. The first kappa shape index (κ1) is 16.5. The van der Waals surface area contributed by atoms with Crippen molar-refractivity contribution < 1.29 is 9.90 Å². The lowest BCUT2D eigenvalue weighted by atomic mass is 10.1. The molecule has 0 radical (unpaired) electrons. The molecule has 0 saturated heterocycles. The second-order valence-electron chi connectivity index (χ2n) is 5.23. The van der Waals surface area contributed by atoms with Crippen LogP contribution in [0.1, 0.15) is 51.9 Å². The Hall–Kier alpha value is -1.51. The minimum Gasteiger partial charge on any atom is -0.481 e. The maximum absolute atomic E-state index is 10.6. The average molecular weight is 277 g/mol. The van der Waals surface area contributed by atoms with Gasteiger partial charge in [0.15, 0.2) is 0 Å². The van der Waals surface area contributed by atoms with E-state index in [4.69, 9.17) is 5.11 Å². The number of carbonyl (C=O) groups is 1. The number of para-hydroxylation sites is 1. The van der Waals surface area contributed by atoms with Crippen LogP contribution >= 0.6 is 0 Å². The molecule has 0 bridgehead atoms. The quantitative estimate of drug-likeness (QED) is 0.612. The SMILES string of the molecule is CCCCCCCN(CCCC(=O)O)c1ccccc1. The van der Waals surface area contributed by atoms with Crippen molar-refractivity contribution >= 4 is 11.7 Å². The van der Waals surface area contributed by atoms with Crippen LogP contribution in [0.25, 0.3) is 0 Å². The van der Waals surface area contributed by atoms with Gasteiger partial charge >= 0.3 is 5.97 Å². The summed E-state index contributed by atoms with van der Waals surface area (Å²) in [5, 5.41) is 8.75. The standard InChI is InChI=1S/C17H27NO2/c1-2-3-4-5-9-14-18(15-10-13-17(19)20)16-11-7-6-8-12-16/h6-8,11-12H,2-5,9-10,13-15H2,1H3,(H,19,20). The molecule has 0 heterocycles. The van der Waals surface area contributed by atoms with Crippen molar-refractivity contribution in [3.8, 4) is 0 Å². The molecule has 0 spiro atoms. The number of carboxylic acids is 1. The second-order valence-corrected chi connectivity index (χ2v) is 5.23. The topological polar surface area (TPSA) is 40.5 Å². The Morgan fingerprint density at radius 1 is 1.00 bits per heavy atom. The van der Waals surface area contributed by atoms with E-state index in [1.165, 1.54) is 37.8 Å². The molecule has 0 amide bonds. The molecule has 3 heteroatoms. The lowest BCUT2D eigenvalue weighted by Gasteiger charge is -2.24. The summed E-state index contributed by atoms with van der Waals surface area (Å²) >= 11 is 0. The third-order valence-corrected chi connectivity index (χ3v) is 3.47. The highest BCUT2D eigenvalue weighted by molar-refractivity contribution is 5.66. The lowest BCUT2D eigenvalue weighted by molar-refractivity contribution is -0.137. The molecule has 0 saturated carbocycles. The van der Waals surface area contributed by atoms with Crippen LogP contribution in [0.4, 0.5) is 5.69 Å². The highest BCUT2D eigenvalue weighted by Crippen LogP contribution is 2.15. The Morgan fingerprint density at radius 2 is 1.65 bits per heavy atom. The maximum atomic E-state index is 10.6. The average Bonchev–Trinajstić information content (AvgIpc) is 2.46. The molecule has 20 heavy (non-hydrogen) atoms. The smallest absolute Gasteiger partial charge is 0.303 e. The van der Waals surface area contributed by atoms with Crippen LogP contribution in [-0.2, 0) is 4.79 Å². The highest BCUT2D eigenvalue weighted by Gasteiger charge is 2.07. The third kappa shape index (κ3) is 7.17. The van der Waals surface area contributed by atoms with Gasteiger partial charge in [0, 0.05) is 25.2 Å². The summed E-state index contributed by atoms with van der Waals surface area (Å²) in [5.74, 6) is -0.707. The van der Waals surface area contributed by atoms with Gasteiger partial charge in [0.05, 0.1) is 0 Å². The number of rotatable bonds is 11. The molecule has 1 aromatic carbocycles. The number of hydrogen-bond acceptors (Lipinski definition) is 2. The molecule has 0 unspecified atom stereocenters. The van der Waals surface area contributed by atoms with Crippen LogP contribution in [0, 0.1) is 0 Å². The molecule has 0 aliphatic rings. The molecule has 1 N–H and O–H groups in total. The molecule has 0 aliphatic carbocycles. The number of nitrogens with zero attached hydrogens (tertiary/aromatic N) is 1. The van der Waals surface area contributed by atoms with Gasteiger partial charge in [-0.15, -0.1) is 0 Å². The molecule has 1 rings (SSSR count). The van der Waals surface area contributed by atoms with E-state index in [1.807, 2.05) is 18.2 Å². The minimum absolute atomic E-state index is 0.249. The van der Waals surface area contributed by atoms with Crippen LogP contribution in [0.5, 0.6) is 0 Å². The van der Waals surface area contributed by atoms with Crippen LogP contribution in [0.3, 0.4) is 0 Å². The van der Waals surface area contributed by atoms with E-state index >= 15 is 0 Å². The number of carboxylic acid groups (broad SMARTS) is 1. The minimum atomic E-state index is -0.707. The van der Waals surface area contributed by atoms with Crippen molar-refractivity contribution in [1.29, 1.82) is 0 Å². The molecule has 0 fully saturated rings. The second kappa shape index (κ2) is 10.3. The van der Waals surface area contributed by atoms with Gasteiger partial charge < -0.3 is 10.0 Å². The Kier molecular flexibility index (Phi) is 8.52. The summed E-state index contributed by atoms with van der Waals surface area (Å²) in [7, 11) is 0. The van der Waals surface area contributed by atoms with E-state index in [9.17, 15) is 4.79 Å². The monoisotopic (exact) mass is 277 g/mol. The Bertz CT molecular complexity index is 365. The fourth-order valence-electron chi connectivity index (χ4n) is 2.34. The van der Waals surface area contributed by atoms with Gasteiger partial charge in [0.25, 0.3) is 0 Å². The summed E-state index contributed by atoms with van der Waals surface area (Å²) in [6.07, 6.45) is 7.27. The Balaban J connectivity index is 2.41. The van der Waals surface area contributed by atoms with E-state index in [1.54, 1.807) is 0 Å². The fourth-order valence-corrected chi connectivity index (χ4v) is 2.34. The number of anilines is 1. The van der Waals surface area contributed by atoms with Gasteiger partial charge in [-0.3, -0.25) is 4.79 Å². The number of benzene rings is 1. The first-order valence-corrected chi connectivity index (χ1v) is 7.76. The fraction of sp³-hybridized carbons (Fsp3) is 0.588. The van der Waals surface area contributed by atoms with Crippen molar-refractivity contribution in [2.75, 3.05) is 18.0 Å². The maximum Gasteiger partial charge on any atom is 0.303 e. The molecule has 1 aromatic rings. The normalized spacial score (nSPS) is 10.4. The van der Waals surface area contributed by atoms with E-state index in [-0.39, 0.29) is 6.42 Å². The zero-order valence-electron chi connectivity index (χ0n) is 12.6. The van der Waals surface area contributed by atoms with Crippen LogP contribution < -0.4 is 4.90 Å². The van der Waals surface area contributed by atoms with Crippen molar-refractivity contribution in [2.24, 2.45) is 0 Å². The van der Waals surface area contributed by atoms with Crippen molar-refractivity contribution in [2.45, 2.75) is 51.9 Å². The predicted molar refractivity (Wildman–Crippen MR) is 84.3 cm³/mol. The third-order valence-electron chi connectivity index (χ3n) is 3.47. The molecule has 0 atom stereocenters. The first-order valence-electron chi connectivity index (χ1n) is 7.76. The molecule has 112 valence electrons. The first-order chi connectivity index (χ1) is 9.74. The summed E-state index contributed by atoms with van der Waals surface area (Å²) < 4.78 is 0. The molecular formula is C17H27NO2. The Labute approximate surface area is 122 Å². The van der Waals surface area contributed by atoms with Gasteiger partial charge in [-0.1, -0.05) is 50.8 Å². The zero-order valence-corrected chi connectivity index (χ0v) is 12.6. The van der Waals surface area contributed by atoms with Gasteiger partial charge in [0.1, 0.15) is 0 Å². The summed E-state index contributed by atoms with van der Waals surface area (Å²) in [6, 6.07) is 10.3. The van der Waals surface area contributed by atoms with Crippen LogP contribution in [0.2, 0.25) is 0 Å². The van der Waals surface area contributed by atoms with E-state index in [2.05, 4.69) is 24.0 Å². The van der Waals surface area contributed by atoms with Crippen molar-refractivity contribution in [3.63, 3.8) is 0 Å². The number of unbranched alkanes of at least 4 members (excludes halogenated alkanes) is 4. The van der Waals surface area contributed by atoms with E-state index in [0.717, 1.165) is 13.1 Å². The molecule has 3 nitrogen and oxygen atoms in total. The molecule has 0 aromatic heterocycles. The van der Waals surface area contributed by atoms with Crippen molar-refractivity contribution in [1.82, 2.24) is 0 Å². The summed E-state index contributed by atoms with van der Waals surface area (Å²) in [6.45, 7) is 4.07. The lowest BCUT2D eigenvalue weighted by Crippen LogP contribution is -2.26. The van der Waals surface area contributed by atoms with Crippen LogP contribution in [0.15, 0.2) is 30.3 Å². The Morgan fingerprint density at radius 3 is 2.30 bits per heavy atom. The summed E-state index contributed by atoms with van der Waals surface area (Å²) in [4.78, 5) is 12.9.